The van der Waals surface area contributed by atoms with Gasteiger partial charge in [-0.25, -0.2) is 0 Å². The molecule has 1 heterocycles. The van der Waals surface area contributed by atoms with Crippen molar-refractivity contribution >= 4 is 0 Å². The summed E-state index contributed by atoms with van der Waals surface area (Å²) in [5.41, 5.74) is -1.94. The van der Waals surface area contributed by atoms with Crippen molar-refractivity contribution in [1.82, 2.24) is 5.32 Å². The van der Waals surface area contributed by atoms with Gasteiger partial charge in [-0.2, -0.15) is 13.2 Å². The molecule has 1 atom stereocenters. The Morgan fingerprint density at radius 2 is 2.15 bits per heavy atom. The van der Waals surface area contributed by atoms with Crippen LogP contribution in [0.5, 0.6) is 0 Å². The number of hydrogen-bond donors (Lipinski definition) is 1. The molecule has 0 bridgehead atoms. The van der Waals surface area contributed by atoms with Gasteiger partial charge in [-0.1, -0.05) is 0 Å². The molecule has 1 aliphatic rings. The molecular weight excluding hydrogens is 183 g/mol. The Bertz CT molecular complexity index is 158. The Balaban J connectivity index is 2.73. The summed E-state index contributed by atoms with van der Waals surface area (Å²) in [6.07, 6.45) is -3.69. The Hall–Kier alpha value is -0.290. The number of halogens is 3. The maximum atomic E-state index is 12.6. The van der Waals surface area contributed by atoms with Crippen molar-refractivity contribution in [1.29, 1.82) is 0 Å². The number of hydrogen-bond acceptors (Lipinski definition) is 2. The van der Waals surface area contributed by atoms with Gasteiger partial charge in [0.05, 0.1) is 0 Å². The standard InChI is InChI=1S/C8H14F3NO/c1-2-13-7(8(9,10)11)4-3-5-12-6-7/h12H,2-6H2,1H3/t7-/m1/s1. The summed E-state index contributed by atoms with van der Waals surface area (Å²) in [5, 5.41) is 2.72. The SMILES string of the molecule is CCO[C@]1(C(F)(F)F)CCCNC1. The molecule has 13 heavy (non-hydrogen) atoms. The van der Waals surface area contributed by atoms with Crippen molar-refractivity contribution < 1.29 is 17.9 Å². The summed E-state index contributed by atoms with van der Waals surface area (Å²) in [5.74, 6) is 0. The minimum Gasteiger partial charge on any atom is -0.364 e. The minimum absolute atomic E-state index is 0.0668. The van der Waals surface area contributed by atoms with E-state index < -0.39 is 11.8 Å². The molecule has 0 unspecified atom stereocenters. The second kappa shape index (κ2) is 3.84. The van der Waals surface area contributed by atoms with E-state index in [0.29, 0.717) is 13.0 Å². The van der Waals surface area contributed by atoms with Gasteiger partial charge in [-0.05, 0) is 26.3 Å². The van der Waals surface area contributed by atoms with Gasteiger partial charge >= 0.3 is 6.18 Å². The van der Waals surface area contributed by atoms with Crippen LogP contribution in [0.3, 0.4) is 0 Å². The molecule has 0 aromatic heterocycles. The zero-order valence-corrected chi connectivity index (χ0v) is 7.58. The molecule has 1 saturated heterocycles. The topological polar surface area (TPSA) is 21.3 Å². The van der Waals surface area contributed by atoms with Gasteiger partial charge in [0.2, 0.25) is 0 Å². The molecule has 1 rings (SSSR count). The molecule has 5 heteroatoms. The van der Waals surface area contributed by atoms with Gasteiger partial charge in [-0.3, -0.25) is 0 Å². The van der Waals surface area contributed by atoms with Gasteiger partial charge in [0, 0.05) is 13.2 Å². The number of alkyl halides is 3. The highest BCUT2D eigenvalue weighted by atomic mass is 19.4. The largest absolute Gasteiger partial charge is 0.418 e. The van der Waals surface area contributed by atoms with Crippen LogP contribution in [0.25, 0.3) is 0 Å². The van der Waals surface area contributed by atoms with Crippen LogP contribution in [0.1, 0.15) is 19.8 Å². The Morgan fingerprint density at radius 3 is 2.54 bits per heavy atom. The second-order valence-corrected chi connectivity index (χ2v) is 3.21. The third-order valence-corrected chi connectivity index (χ3v) is 2.28. The molecule has 1 fully saturated rings. The highest BCUT2D eigenvalue weighted by Gasteiger charge is 2.55. The summed E-state index contributed by atoms with van der Waals surface area (Å²) in [4.78, 5) is 0. The fraction of sp³-hybridized carbons (Fsp3) is 1.00. The summed E-state index contributed by atoms with van der Waals surface area (Å²) < 4.78 is 42.7. The summed E-state index contributed by atoms with van der Waals surface area (Å²) in [6.45, 7) is 2.21. The number of ether oxygens (including phenoxy) is 1. The van der Waals surface area contributed by atoms with Crippen molar-refractivity contribution in [3.63, 3.8) is 0 Å². The van der Waals surface area contributed by atoms with Crippen molar-refractivity contribution in [2.75, 3.05) is 19.7 Å². The molecule has 1 N–H and O–H groups in total. The van der Waals surface area contributed by atoms with Crippen LogP contribution >= 0.6 is 0 Å². The Morgan fingerprint density at radius 1 is 1.46 bits per heavy atom. The normalized spacial score (nSPS) is 30.5. The van der Waals surface area contributed by atoms with Crippen LogP contribution < -0.4 is 5.32 Å². The molecule has 0 aromatic carbocycles. The summed E-state index contributed by atoms with van der Waals surface area (Å²) in [6, 6.07) is 0. The van der Waals surface area contributed by atoms with Crippen LogP contribution in [0.2, 0.25) is 0 Å². The first-order valence-electron chi connectivity index (χ1n) is 4.43. The van der Waals surface area contributed by atoms with E-state index in [-0.39, 0.29) is 19.6 Å². The Kier molecular flexibility index (Phi) is 3.18. The molecule has 1 aliphatic heterocycles. The zero-order valence-electron chi connectivity index (χ0n) is 7.58. The molecule has 0 aliphatic carbocycles. The van der Waals surface area contributed by atoms with Crippen LogP contribution in [0.4, 0.5) is 13.2 Å². The van der Waals surface area contributed by atoms with Crippen molar-refractivity contribution in [3.8, 4) is 0 Å². The van der Waals surface area contributed by atoms with Crippen LogP contribution in [-0.2, 0) is 4.74 Å². The molecule has 0 radical (unpaired) electrons. The smallest absolute Gasteiger partial charge is 0.364 e. The monoisotopic (exact) mass is 197 g/mol. The second-order valence-electron chi connectivity index (χ2n) is 3.21. The summed E-state index contributed by atoms with van der Waals surface area (Å²) >= 11 is 0. The predicted octanol–water partition coefficient (Wildman–Crippen LogP) is 1.71. The van der Waals surface area contributed by atoms with Crippen LogP contribution in [0, 0.1) is 0 Å². The summed E-state index contributed by atoms with van der Waals surface area (Å²) in [7, 11) is 0. The quantitative estimate of drug-likeness (QED) is 0.727. The van der Waals surface area contributed by atoms with Crippen molar-refractivity contribution in [3.05, 3.63) is 0 Å². The lowest BCUT2D eigenvalue weighted by Crippen LogP contribution is -2.57. The highest BCUT2D eigenvalue weighted by molar-refractivity contribution is 4.93. The zero-order chi connectivity index (χ0) is 9.95. The maximum absolute atomic E-state index is 12.6. The lowest BCUT2D eigenvalue weighted by atomic mass is 9.93. The van der Waals surface area contributed by atoms with Gasteiger partial charge in [0.15, 0.2) is 5.60 Å². The predicted molar refractivity (Wildman–Crippen MR) is 42.5 cm³/mol. The van der Waals surface area contributed by atoms with E-state index in [2.05, 4.69) is 5.32 Å². The number of rotatable bonds is 2. The molecule has 0 aromatic rings. The lowest BCUT2D eigenvalue weighted by Gasteiger charge is -2.38. The third kappa shape index (κ3) is 2.14. The van der Waals surface area contributed by atoms with E-state index in [0.717, 1.165) is 0 Å². The third-order valence-electron chi connectivity index (χ3n) is 2.28. The van der Waals surface area contributed by atoms with Gasteiger partial charge in [0.25, 0.3) is 0 Å². The fourth-order valence-corrected chi connectivity index (χ4v) is 1.60. The van der Waals surface area contributed by atoms with Crippen LogP contribution in [-0.4, -0.2) is 31.5 Å². The van der Waals surface area contributed by atoms with E-state index in [1.165, 1.54) is 0 Å². The number of piperidine rings is 1. The molecule has 78 valence electrons. The first-order chi connectivity index (χ1) is 6.02. The first-order valence-corrected chi connectivity index (χ1v) is 4.43. The maximum Gasteiger partial charge on any atom is 0.418 e. The molecule has 0 saturated carbocycles. The van der Waals surface area contributed by atoms with Crippen molar-refractivity contribution in [2.24, 2.45) is 0 Å². The molecule has 2 nitrogen and oxygen atoms in total. The van der Waals surface area contributed by atoms with Gasteiger partial charge < -0.3 is 10.1 Å². The molecule has 0 amide bonds. The molecule has 0 spiro atoms. The highest BCUT2D eigenvalue weighted by Crippen LogP contribution is 2.38. The fourth-order valence-electron chi connectivity index (χ4n) is 1.60. The van der Waals surface area contributed by atoms with E-state index in [4.69, 9.17) is 4.74 Å². The molecular formula is C8H14F3NO. The first kappa shape index (κ1) is 10.8. The van der Waals surface area contributed by atoms with Crippen molar-refractivity contribution in [2.45, 2.75) is 31.5 Å². The van der Waals surface area contributed by atoms with Gasteiger partial charge in [0.1, 0.15) is 0 Å². The van der Waals surface area contributed by atoms with E-state index >= 15 is 0 Å². The van der Waals surface area contributed by atoms with E-state index in [1.54, 1.807) is 6.92 Å². The van der Waals surface area contributed by atoms with Crippen LogP contribution in [0.15, 0.2) is 0 Å². The average molecular weight is 197 g/mol. The number of nitrogens with one attached hydrogen (secondary N) is 1. The van der Waals surface area contributed by atoms with E-state index in [9.17, 15) is 13.2 Å². The van der Waals surface area contributed by atoms with E-state index in [1.807, 2.05) is 0 Å². The Labute approximate surface area is 75.4 Å². The van der Waals surface area contributed by atoms with Gasteiger partial charge in [-0.15, -0.1) is 0 Å². The minimum atomic E-state index is -4.27. The lowest BCUT2D eigenvalue weighted by molar-refractivity contribution is -0.281. The average Bonchev–Trinajstić information content (AvgIpc) is 2.04.